The zero-order valence-electron chi connectivity index (χ0n) is 14.6. The van der Waals surface area contributed by atoms with Crippen molar-refractivity contribution >= 4 is 18.0 Å². The van der Waals surface area contributed by atoms with E-state index in [1.807, 2.05) is 20.8 Å². The van der Waals surface area contributed by atoms with Gasteiger partial charge in [-0.25, -0.2) is 4.79 Å². The van der Waals surface area contributed by atoms with Crippen LogP contribution in [-0.4, -0.2) is 38.7 Å². The van der Waals surface area contributed by atoms with Gasteiger partial charge in [0.15, 0.2) is 18.1 Å². The SMILES string of the molecule is CCOc1ccc(/C=C/C(=O)OCC(=O)NCC(C)C)cc1OC. The van der Waals surface area contributed by atoms with E-state index in [2.05, 4.69) is 5.32 Å². The van der Waals surface area contributed by atoms with Crippen molar-refractivity contribution in [1.29, 1.82) is 0 Å². The molecule has 1 N–H and O–H groups in total. The third kappa shape index (κ3) is 7.17. The molecule has 0 aliphatic rings. The topological polar surface area (TPSA) is 73.9 Å². The second-order valence-corrected chi connectivity index (χ2v) is 5.48. The molecule has 0 fully saturated rings. The number of methoxy groups -OCH3 is 1. The Morgan fingerprint density at radius 1 is 1.25 bits per heavy atom. The first-order chi connectivity index (χ1) is 11.5. The molecule has 0 aromatic heterocycles. The van der Waals surface area contributed by atoms with Crippen LogP contribution in [0.3, 0.4) is 0 Å². The molecule has 0 atom stereocenters. The number of amides is 1. The first kappa shape index (κ1) is 19.5. The molecule has 1 amide bonds. The number of hydrogen-bond acceptors (Lipinski definition) is 5. The lowest BCUT2D eigenvalue weighted by atomic mass is 10.2. The quantitative estimate of drug-likeness (QED) is 0.554. The van der Waals surface area contributed by atoms with Crippen LogP contribution in [0.15, 0.2) is 24.3 Å². The van der Waals surface area contributed by atoms with Crippen LogP contribution in [0.1, 0.15) is 26.3 Å². The molecule has 6 heteroatoms. The molecule has 0 aliphatic heterocycles. The zero-order valence-corrected chi connectivity index (χ0v) is 14.6. The summed E-state index contributed by atoms with van der Waals surface area (Å²) in [5.74, 6) is 0.678. The lowest BCUT2D eigenvalue weighted by molar-refractivity contribution is -0.143. The number of benzene rings is 1. The molecule has 0 saturated carbocycles. The van der Waals surface area contributed by atoms with Crippen LogP contribution < -0.4 is 14.8 Å². The fraction of sp³-hybridized carbons (Fsp3) is 0.444. The van der Waals surface area contributed by atoms with Gasteiger partial charge in [-0.2, -0.15) is 0 Å². The maximum absolute atomic E-state index is 11.6. The van der Waals surface area contributed by atoms with Crippen molar-refractivity contribution in [3.8, 4) is 11.5 Å². The Balaban J connectivity index is 2.53. The van der Waals surface area contributed by atoms with Crippen molar-refractivity contribution in [3.05, 3.63) is 29.8 Å². The Bertz CT molecular complexity index is 581. The number of esters is 1. The molecule has 6 nitrogen and oxygen atoms in total. The van der Waals surface area contributed by atoms with E-state index in [0.717, 1.165) is 5.56 Å². The van der Waals surface area contributed by atoms with E-state index >= 15 is 0 Å². The maximum atomic E-state index is 11.6. The molecule has 0 unspecified atom stereocenters. The molecule has 0 spiro atoms. The minimum atomic E-state index is -0.581. The van der Waals surface area contributed by atoms with E-state index in [1.165, 1.54) is 6.08 Å². The number of hydrogen-bond donors (Lipinski definition) is 1. The van der Waals surface area contributed by atoms with E-state index in [4.69, 9.17) is 14.2 Å². The van der Waals surface area contributed by atoms with Crippen molar-refractivity contribution in [2.45, 2.75) is 20.8 Å². The van der Waals surface area contributed by atoms with Crippen molar-refractivity contribution in [2.75, 3.05) is 26.9 Å². The van der Waals surface area contributed by atoms with Gasteiger partial charge < -0.3 is 19.5 Å². The van der Waals surface area contributed by atoms with Crippen molar-refractivity contribution in [3.63, 3.8) is 0 Å². The highest BCUT2D eigenvalue weighted by Gasteiger charge is 2.06. The molecular formula is C18H25NO5. The largest absolute Gasteiger partial charge is 0.493 e. The third-order valence-electron chi connectivity index (χ3n) is 2.95. The normalized spacial score (nSPS) is 10.7. The first-order valence-electron chi connectivity index (χ1n) is 7.88. The molecule has 0 saturated heterocycles. The van der Waals surface area contributed by atoms with E-state index in [0.29, 0.717) is 30.6 Å². The number of carbonyl (C=O) groups is 2. The highest BCUT2D eigenvalue weighted by molar-refractivity contribution is 5.89. The predicted molar refractivity (Wildman–Crippen MR) is 92.0 cm³/mol. The van der Waals surface area contributed by atoms with Gasteiger partial charge in [0.25, 0.3) is 5.91 Å². The Morgan fingerprint density at radius 3 is 2.62 bits per heavy atom. The average Bonchev–Trinajstić information content (AvgIpc) is 2.57. The lowest BCUT2D eigenvalue weighted by Crippen LogP contribution is -2.31. The van der Waals surface area contributed by atoms with Crippen LogP contribution >= 0.6 is 0 Å². The molecule has 1 aromatic carbocycles. The summed E-state index contributed by atoms with van der Waals surface area (Å²) in [6.45, 7) is 6.66. The van der Waals surface area contributed by atoms with Gasteiger partial charge in [-0.05, 0) is 36.6 Å². The van der Waals surface area contributed by atoms with Gasteiger partial charge in [-0.1, -0.05) is 19.9 Å². The Kier molecular flexibility index (Phi) is 8.39. The Morgan fingerprint density at radius 2 is 2.00 bits per heavy atom. The van der Waals surface area contributed by atoms with Gasteiger partial charge in [-0.3, -0.25) is 4.79 Å². The fourth-order valence-corrected chi connectivity index (χ4v) is 1.78. The van der Waals surface area contributed by atoms with E-state index in [1.54, 1.807) is 31.4 Å². The van der Waals surface area contributed by atoms with Crippen molar-refractivity contribution < 1.29 is 23.8 Å². The molecule has 0 heterocycles. The monoisotopic (exact) mass is 335 g/mol. The van der Waals surface area contributed by atoms with Crippen LogP contribution in [0.2, 0.25) is 0 Å². The van der Waals surface area contributed by atoms with Crippen LogP contribution in [0.25, 0.3) is 6.08 Å². The number of ether oxygens (including phenoxy) is 3. The van der Waals surface area contributed by atoms with Gasteiger partial charge in [0.1, 0.15) is 0 Å². The summed E-state index contributed by atoms with van der Waals surface area (Å²) >= 11 is 0. The minimum Gasteiger partial charge on any atom is -0.493 e. The molecular weight excluding hydrogens is 310 g/mol. The van der Waals surface area contributed by atoms with Gasteiger partial charge in [0, 0.05) is 12.6 Å². The molecule has 132 valence electrons. The van der Waals surface area contributed by atoms with Crippen molar-refractivity contribution in [1.82, 2.24) is 5.32 Å². The summed E-state index contributed by atoms with van der Waals surface area (Å²) in [5.41, 5.74) is 0.761. The summed E-state index contributed by atoms with van der Waals surface area (Å²) in [4.78, 5) is 23.1. The predicted octanol–water partition coefficient (Wildman–Crippen LogP) is 2.42. The highest BCUT2D eigenvalue weighted by Crippen LogP contribution is 2.28. The van der Waals surface area contributed by atoms with Crippen LogP contribution in [0.5, 0.6) is 11.5 Å². The summed E-state index contributed by atoms with van der Waals surface area (Å²) in [6.07, 6.45) is 2.86. The summed E-state index contributed by atoms with van der Waals surface area (Å²) < 4.78 is 15.6. The van der Waals surface area contributed by atoms with Crippen molar-refractivity contribution in [2.24, 2.45) is 5.92 Å². The maximum Gasteiger partial charge on any atom is 0.331 e. The Labute approximate surface area is 142 Å². The summed E-state index contributed by atoms with van der Waals surface area (Å²) in [7, 11) is 1.55. The van der Waals surface area contributed by atoms with Crippen LogP contribution in [0.4, 0.5) is 0 Å². The lowest BCUT2D eigenvalue weighted by Gasteiger charge is -2.09. The number of nitrogens with one attached hydrogen (secondary N) is 1. The smallest absolute Gasteiger partial charge is 0.331 e. The molecule has 0 aliphatic carbocycles. The zero-order chi connectivity index (χ0) is 17.9. The van der Waals surface area contributed by atoms with Gasteiger partial charge in [0.05, 0.1) is 13.7 Å². The van der Waals surface area contributed by atoms with Gasteiger partial charge >= 0.3 is 5.97 Å². The highest BCUT2D eigenvalue weighted by atomic mass is 16.5. The second-order valence-electron chi connectivity index (χ2n) is 5.48. The van der Waals surface area contributed by atoms with E-state index < -0.39 is 5.97 Å². The number of carbonyl (C=O) groups excluding carboxylic acids is 2. The Hall–Kier alpha value is -2.50. The molecule has 1 rings (SSSR count). The minimum absolute atomic E-state index is 0.289. The first-order valence-corrected chi connectivity index (χ1v) is 7.88. The van der Waals surface area contributed by atoms with Gasteiger partial charge in [-0.15, -0.1) is 0 Å². The molecule has 0 radical (unpaired) electrons. The van der Waals surface area contributed by atoms with Crippen LogP contribution in [0, 0.1) is 5.92 Å². The molecule has 1 aromatic rings. The van der Waals surface area contributed by atoms with Gasteiger partial charge in [0.2, 0.25) is 0 Å². The third-order valence-corrected chi connectivity index (χ3v) is 2.95. The number of rotatable bonds is 9. The fourth-order valence-electron chi connectivity index (χ4n) is 1.78. The van der Waals surface area contributed by atoms with Crippen LogP contribution in [-0.2, 0) is 14.3 Å². The summed E-state index contributed by atoms with van der Waals surface area (Å²) in [6, 6.07) is 5.32. The second kappa shape index (κ2) is 10.3. The average molecular weight is 335 g/mol. The van der Waals surface area contributed by atoms with E-state index in [9.17, 15) is 9.59 Å². The van der Waals surface area contributed by atoms with E-state index in [-0.39, 0.29) is 12.5 Å². The standard InChI is InChI=1S/C18H25NO5/c1-5-23-15-8-6-14(10-16(15)22-4)7-9-18(21)24-12-17(20)19-11-13(2)3/h6-10,13H,5,11-12H2,1-4H3,(H,19,20)/b9-7+. The summed E-state index contributed by atoms with van der Waals surface area (Å²) in [5, 5.41) is 2.67. The molecule has 24 heavy (non-hydrogen) atoms. The molecule has 0 bridgehead atoms.